The average molecular weight is 330 g/mol. The quantitative estimate of drug-likeness (QED) is 0.778. The Labute approximate surface area is 143 Å². The minimum atomic E-state index is -0.906. The highest BCUT2D eigenvalue weighted by molar-refractivity contribution is 5.87. The van der Waals surface area contributed by atoms with Crippen LogP contribution in [0.2, 0.25) is 0 Å². The minimum absolute atomic E-state index is 0.218. The van der Waals surface area contributed by atoms with Gasteiger partial charge in [-0.1, -0.05) is 32.6 Å². The molecule has 2 aliphatic carbocycles. The van der Waals surface area contributed by atoms with Crippen molar-refractivity contribution in [2.24, 2.45) is 10.8 Å². The summed E-state index contributed by atoms with van der Waals surface area (Å²) in [4.78, 5) is 24.9. The fourth-order valence-corrected chi connectivity index (χ4v) is 3.74. The molecule has 0 radical (unpaired) electrons. The summed E-state index contributed by atoms with van der Waals surface area (Å²) in [6.07, 6.45) is 6.70. The van der Waals surface area contributed by atoms with Crippen LogP contribution in [-0.2, 0) is 9.59 Å². The van der Waals surface area contributed by atoms with E-state index in [-0.39, 0.29) is 17.9 Å². The molecule has 0 spiro atoms. The molecule has 24 heavy (non-hydrogen) atoms. The monoisotopic (exact) mass is 330 g/mol. The van der Waals surface area contributed by atoms with Gasteiger partial charge in [-0.2, -0.15) is 10.5 Å². The Bertz CT molecular complexity index is 561. The minimum Gasteiger partial charge on any atom is -0.353 e. The molecule has 2 rings (SSSR count). The van der Waals surface area contributed by atoms with E-state index in [1.165, 1.54) is 0 Å². The molecular weight excluding hydrogens is 304 g/mol. The maximum Gasteiger partial charge on any atom is 0.240 e. The van der Waals surface area contributed by atoms with E-state index in [2.05, 4.69) is 22.8 Å². The Morgan fingerprint density at radius 1 is 0.958 bits per heavy atom. The molecule has 0 unspecified atom stereocenters. The Kier molecular flexibility index (Phi) is 5.83. The summed E-state index contributed by atoms with van der Waals surface area (Å²) in [5.74, 6) is -0.453. The van der Waals surface area contributed by atoms with Crippen LogP contribution in [0.25, 0.3) is 0 Å². The molecule has 0 aliphatic heterocycles. The summed E-state index contributed by atoms with van der Waals surface area (Å²) in [5.41, 5.74) is -1.81. The first-order chi connectivity index (χ1) is 11.5. The summed E-state index contributed by atoms with van der Waals surface area (Å²) in [6, 6.07) is 4.15. The maximum atomic E-state index is 12.5. The van der Waals surface area contributed by atoms with Gasteiger partial charge in [-0.25, -0.2) is 0 Å². The molecule has 0 aromatic carbocycles. The van der Waals surface area contributed by atoms with E-state index >= 15 is 0 Å². The predicted octanol–water partition coefficient (Wildman–Crippen LogP) is 2.17. The van der Waals surface area contributed by atoms with Crippen molar-refractivity contribution in [2.45, 2.75) is 70.8 Å². The van der Waals surface area contributed by atoms with E-state index < -0.39 is 10.8 Å². The predicted molar refractivity (Wildman–Crippen MR) is 88.3 cm³/mol. The van der Waals surface area contributed by atoms with Gasteiger partial charge in [-0.15, -0.1) is 0 Å². The summed E-state index contributed by atoms with van der Waals surface area (Å²) in [5, 5.41) is 24.5. The first-order valence-corrected chi connectivity index (χ1v) is 8.94. The van der Waals surface area contributed by atoms with Crippen LogP contribution in [0.1, 0.15) is 64.7 Å². The van der Waals surface area contributed by atoms with Gasteiger partial charge in [0.15, 0.2) is 0 Å². The van der Waals surface area contributed by atoms with E-state index in [0.29, 0.717) is 38.6 Å². The van der Waals surface area contributed by atoms with Crippen molar-refractivity contribution in [3.63, 3.8) is 0 Å². The molecule has 0 saturated heterocycles. The van der Waals surface area contributed by atoms with Gasteiger partial charge < -0.3 is 10.6 Å². The number of hydrogen-bond donors (Lipinski definition) is 2. The highest BCUT2D eigenvalue weighted by Gasteiger charge is 2.43. The molecule has 2 fully saturated rings. The number of carbonyl (C=O) groups is 2. The highest BCUT2D eigenvalue weighted by Crippen LogP contribution is 2.38. The molecule has 2 amide bonds. The van der Waals surface area contributed by atoms with E-state index in [0.717, 1.165) is 25.7 Å². The van der Waals surface area contributed by atoms with Crippen LogP contribution in [0.15, 0.2) is 0 Å². The van der Waals surface area contributed by atoms with Gasteiger partial charge in [-0.05, 0) is 32.1 Å². The molecular formula is C18H26N4O2. The third-order valence-electron chi connectivity index (χ3n) is 5.55. The molecule has 2 N–H and O–H groups in total. The number of carbonyl (C=O) groups excluding carboxylic acids is 2. The number of nitrogens with one attached hydrogen (secondary N) is 2. The summed E-state index contributed by atoms with van der Waals surface area (Å²) < 4.78 is 0. The van der Waals surface area contributed by atoms with Crippen LogP contribution < -0.4 is 10.6 Å². The fraction of sp³-hybridized carbons (Fsp3) is 0.778. The first kappa shape index (κ1) is 18.3. The van der Waals surface area contributed by atoms with E-state index in [4.69, 9.17) is 0 Å². The molecule has 1 atom stereocenters. The average Bonchev–Trinajstić information content (AvgIpc) is 3.28. The molecule has 6 heteroatoms. The number of nitrogens with zero attached hydrogens (tertiary/aromatic N) is 2. The number of rotatable bonds is 6. The van der Waals surface area contributed by atoms with E-state index in [9.17, 15) is 20.1 Å². The van der Waals surface area contributed by atoms with Crippen LogP contribution in [0.4, 0.5) is 0 Å². The largest absolute Gasteiger partial charge is 0.353 e. The molecule has 0 heterocycles. The lowest BCUT2D eigenvalue weighted by Crippen LogP contribution is -2.50. The Hall–Kier alpha value is -2.08. The van der Waals surface area contributed by atoms with Crippen molar-refractivity contribution in [1.82, 2.24) is 10.6 Å². The molecule has 0 aromatic rings. The van der Waals surface area contributed by atoms with Gasteiger partial charge in [0, 0.05) is 12.6 Å². The summed E-state index contributed by atoms with van der Waals surface area (Å²) >= 11 is 0. The normalized spacial score (nSPS) is 22.1. The first-order valence-electron chi connectivity index (χ1n) is 8.94. The second kappa shape index (κ2) is 7.66. The second-order valence-electron chi connectivity index (χ2n) is 7.09. The van der Waals surface area contributed by atoms with Gasteiger partial charge in [-0.3, -0.25) is 9.59 Å². The second-order valence-corrected chi connectivity index (χ2v) is 7.09. The molecule has 2 saturated carbocycles. The van der Waals surface area contributed by atoms with E-state index in [1.807, 2.05) is 6.92 Å². The summed E-state index contributed by atoms with van der Waals surface area (Å²) in [6.45, 7) is 2.23. The van der Waals surface area contributed by atoms with Crippen LogP contribution in [0.5, 0.6) is 0 Å². The van der Waals surface area contributed by atoms with Gasteiger partial charge in [0.05, 0.1) is 12.1 Å². The Balaban J connectivity index is 1.91. The lowest BCUT2D eigenvalue weighted by atomic mass is 9.86. The Morgan fingerprint density at radius 2 is 1.42 bits per heavy atom. The smallest absolute Gasteiger partial charge is 0.240 e. The van der Waals surface area contributed by atoms with Gasteiger partial charge in [0.2, 0.25) is 11.8 Å². The lowest BCUT2D eigenvalue weighted by molar-refractivity contribution is -0.130. The van der Waals surface area contributed by atoms with Crippen LogP contribution >= 0.6 is 0 Å². The van der Waals surface area contributed by atoms with E-state index in [1.54, 1.807) is 0 Å². The van der Waals surface area contributed by atoms with Crippen molar-refractivity contribution < 1.29 is 9.59 Å². The third kappa shape index (κ3) is 3.53. The number of nitriles is 2. The zero-order valence-corrected chi connectivity index (χ0v) is 14.4. The van der Waals surface area contributed by atoms with Crippen molar-refractivity contribution in [1.29, 1.82) is 10.5 Å². The molecule has 130 valence electrons. The number of hydrogen-bond acceptors (Lipinski definition) is 4. The van der Waals surface area contributed by atoms with Crippen LogP contribution in [-0.4, -0.2) is 24.4 Å². The zero-order chi connectivity index (χ0) is 17.6. The van der Waals surface area contributed by atoms with Gasteiger partial charge >= 0.3 is 0 Å². The molecule has 0 aromatic heterocycles. The Morgan fingerprint density at radius 3 is 1.83 bits per heavy atom. The highest BCUT2D eigenvalue weighted by atomic mass is 16.2. The number of amides is 2. The summed E-state index contributed by atoms with van der Waals surface area (Å²) in [7, 11) is 0. The molecule has 2 aliphatic rings. The van der Waals surface area contributed by atoms with Crippen LogP contribution in [0, 0.1) is 33.5 Å². The lowest BCUT2D eigenvalue weighted by Gasteiger charge is -2.26. The van der Waals surface area contributed by atoms with Crippen molar-refractivity contribution in [3.05, 3.63) is 0 Å². The van der Waals surface area contributed by atoms with Gasteiger partial charge in [0.1, 0.15) is 10.8 Å². The van der Waals surface area contributed by atoms with Crippen LogP contribution in [0.3, 0.4) is 0 Å². The SMILES string of the molecule is CC[C@H](CNC(=O)C1(C#N)CCCC1)NC(=O)C1(C#N)CCCC1. The topological polar surface area (TPSA) is 106 Å². The molecule has 0 bridgehead atoms. The fourth-order valence-electron chi connectivity index (χ4n) is 3.74. The van der Waals surface area contributed by atoms with Gasteiger partial charge in [0.25, 0.3) is 0 Å². The standard InChI is InChI=1S/C18H26N4O2/c1-2-14(22-16(24)18(13-20)9-5-6-10-18)11-21-15(23)17(12-19)7-3-4-8-17/h14H,2-11H2,1H3,(H,21,23)(H,22,24)/t14-/m1/s1. The maximum absolute atomic E-state index is 12.5. The molecule has 6 nitrogen and oxygen atoms in total. The van der Waals surface area contributed by atoms with Crippen molar-refractivity contribution in [2.75, 3.05) is 6.54 Å². The van der Waals surface area contributed by atoms with Crippen molar-refractivity contribution in [3.8, 4) is 12.1 Å². The zero-order valence-electron chi connectivity index (χ0n) is 14.4. The third-order valence-corrected chi connectivity index (χ3v) is 5.55. The van der Waals surface area contributed by atoms with Crippen molar-refractivity contribution >= 4 is 11.8 Å².